The van der Waals surface area contributed by atoms with Crippen molar-refractivity contribution in [3.8, 4) is 6.07 Å². The molecular weight excluding hydrogens is 387 g/mol. The van der Waals surface area contributed by atoms with Crippen molar-refractivity contribution in [3.63, 3.8) is 0 Å². The van der Waals surface area contributed by atoms with E-state index in [1.165, 1.54) is 18.2 Å². The first-order valence-corrected chi connectivity index (χ1v) is 9.58. The Hall–Kier alpha value is -2.66. The number of nitriles is 1. The molecule has 3 rings (SSSR count). The van der Waals surface area contributed by atoms with Gasteiger partial charge >= 0.3 is 5.51 Å². The van der Waals surface area contributed by atoms with Crippen LogP contribution >= 0.6 is 11.8 Å². The number of carbonyl (C=O) groups excluding carboxylic acids is 1. The second-order valence-corrected chi connectivity index (χ2v) is 7.44. The number of carbonyl (C=O) groups is 1. The summed E-state index contributed by atoms with van der Waals surface area (Å²) < 4.78 is 38.4. The molecule has 8 heteroatoms. The molecule has 1 amide bonds. The fraction of sp³-hybridized carbons (Fsp3) is 0.300. The van der Waals surface area contributed by atoms with E-state index in [0.29, 0.717) is 31.6 Å². The Balaban J connectivity index is 1.72. The molecule has 0 radical (unpaired) electrons. The van der Waals surface area contributed by atoms with Gasteiger partial charge in [0, 0.05) is 36.8 Å². The summed E-state index contributed by atoms with van der Waals surface area (Å²) in [5, 5.41) is 8.90. The third kappa shape index (κ3) is 4.98. The minimum Gasteiger partial charge on any atom is -0.370 e. The van der Waals surface area contributed by atoms with Crippen molar-refractivity contribution >= 4 is 23.4 Å². The number of hydrogen-bond acceptors (Lipinski definition) is 4. The topological polar surface area (TPSA) is 47.3 Å². The second kappa shape index (κ2) is 8.57. The normalized spacial score (nSPS) is 15.1. The van der Waals surface area contributed by atoms with E-state index in [0.717, 1.165) is 12.2 Å². The smallest absolute Gasteiger partial charge is 0.370 e. The Bertz CT molecular complexity index is 878. The monoisotopic (exact) mass is 405 g/mol. The molecule has 1 aliphatic rings. The van der Waals surface area contributed by atoms with Gasteiger partial charge in [-0.05, 0) is 54.6 Å². The van der Waals surface area contributed by atoms with Crippen molar-refractivity contribution in [1.29, 1.82) is 5.26 Å². The molecular formula is C20H18F3N3OS. The van der Waals surface area contributed by atoms with Gasteiger partial charge in [-0.3, -0.25) is 4.79 Å². The quantitative estimate of drug-likeness (QED) is 0.705. The van der Waals surface area contributed by atoms with Gasteiger partial charge in [0.25, 0.3) is 5.91 Å². The maximum atomic E-state index is 12.9. The molecule has 0 N–H and O–H groups in total. The highest BCUT2D eigenvalue weighted by molar-refractivity contribution is 8.00. The van der Waals surface area contributed by atoms with Crippen LogP contribution in [-0.2, 0) is 0 Å². The van der Waals surface area contributed by atoms with Gasteiger partial charge < -0.3 is 9.80 Å². The second-order valence-electron chi connectivity index (χ2n) is 6.34. The molecule has 28 heavy (non-hydrogen) atoms. The average Bonchev–Trinajstić information content (AvgIpc) is 2.93. The van der Waals surface area contributed by atoms with E-state index < -0.39 is 5.51 Å². The highest BCUT2D eigenvalue weighted by Crippen LogP contribution is 2.38. The Kier molecular flexibility index (Phi) is 6.15. The van der Waals surface area contributed by atoms with Crippen molar-refractivity contribution in [2.24, 2.45) is 0 Å². The molecule has 0 unspecified atom stereocenters. The Morgan fingerprint density at radius 2 is 1.71 bits per heavy atom. The molecule has 146 valence electrons. The predicted octanol–water partition coefficient (Wildman–Crippen LogP) is 4.52. The van der Waals surface area contributed by atoms with E-state index in [9.17, 15) is 18.0 Å². The zero-order chi connectivity index (χ0) is 20.1. The summed E-state index contributed by atoms with van der Waals surface area (Å²) in [6.07, 6.45) is 0.709. The summed E-state index contributed by atoms with van der Waals surface area (Å²) in [6, 6.07) is 15.1. The number of amides is 1. The molecule has 1 heterocycles. The van der Waals surface area contributed by atoms with E-state index in [1.54, 1.807) is 23.1 Å². The Morgan fingerprint density at radius 3 is 2.39 bits per heavy atom. The van der Waals surface area contributed by atoms with Crippen molar-refractivity contribution in [2.75, 3.05) is 31.1 Å². The summed E-state index contributed by atoms with van der Waals surface area (Å²) in [5.41, 5.74) is -2.83. The number of anilines is 1. The first kappa shape index (κ1) is 20.1. The van der Waals surface area contributed by atoms with Crippen molar-refractivity contribution in [3.05, 3.63) is 59.7 Å². The van der Waals surface area contributed by atoms with Crippen molar-refractivity contribution in [1.82, 2.24) is 4.90 Å². The summed E-state index contributed by atoms with van der Waals surface area (Å²) in [6.45, 7) is 2.21. The van der Waals surface area contributed by atoms with Gasteiger partial charge in [-0.1, -0.05) is 12.1 Å². The van der Waals surface area contributed by atoms with Gasteiger partial charge in [0.2, 0.25) is 0 Å². The summed E-state index contributed by atoms with van der Waals surface area (Å²) in [5.74, 6) is -0.381. The highest BCUT2D eigenvalue weighted by atomic mass is 32.2. The molecule has 0 saturated carbocycles. The van der Waals surface area contributed by atoms with Crippen LogP contribution in [0.2, 0.25) is 0 Å². The van der Waals surface area contributed by atoms with Gasteiger partial charge in [0.05, 0.1) is 17.2 Å². The van der Waals surface area contributed by atoms with Crippen LogP contribution in [0.5, 0.6) is 0 Å². The molecule has 1 saturated heterocycles. The first-order chi connectivity index (χ1) is 13.4. The maximum absolute atomic E-state index is 12.9. The van der Waals surface area contributed by atoms with Crippen LogP contribution in [0.3, 0.4) is 0 Å². The Morgan fingerprint density at radius 1 is 1.00 bits per heavy atom. The molecule has 1 fully saturated rings. The number of rotatable bonds is 3. The lowest BCUT2D eigenvalue weighted by atomic mass is 10.2. The minimum atomic E-state index is -4.44. The predicted molar refractivity (Wildman–Crippen MR) is 102 cm³/mol. The maximum Gasteiger partial charge on any atom is 0.446 e. The van der Waals surface area contributed by atoms with E-state index in [4.69, 9.17) is 5.26 Å². The molecule has 0 bridgehead atoms. The molecule has 2 aromatic rings. The van der Waals surface area contributed by atoms with E-state index in [1.807, 2.05) is 12.1 Å². The number of halogens is 3. The van der Waals surface area contributed by atoms with Crippen LogP contribution in [0.15, 0.2) is 53.4 Å². The van der Waals surface area contributed by atoms with Crippen LogP contribution in [-0.4, -0.2) is 42.5 Å². The molecule has 0 atom stereocenters. The number of nitrogens with zero attached hydrogens (tertiary/aromatic N) is 3. The van der Waals surface area contributed by atoms with Crippen molar-refractivity contribution < 1.29 is 18.0 Å². The minimum absolute atomic E-state index is 0.0757. The molecule has 0 aromatic heterocycles. The summed E-state index contributed by atoms with van der Waals surface area (Å²) >= 11 is -0.258. The van der Waals surface area contributed by atoms with Crippen molar-refractivity contribution in [2.45, 2.75) is 16.8 Å². The SMILES string of the molecule is N#Cc1ccc(N2CCCN(C(=O)c3ccccc3SC(F)(F)F)CC2)cc1. The van der Waals surface area contributed by atoms with Gasteiger partial charge in [0.15, 0.2) is 0 Å². The van der Waals surface area contributed by atoms with Crippen LogP contribution in [0, 0.1) is 11.3 Å². The van der Waals surface area contributed by atoms with Gasteiger partial charge in [-0.2, -0.15) is 18.4 Å². The van der Waals surface area contributed by atoms with Gasteiger partial charge in [-0.25, -0.2) is 0 Å². The average molecular weight is 405 g/mol. The third-order valence-corrected chi connectivity index (χ3v) is 5.30. The third-order valence-electron chi connectivity index (χ3n) is 4.49. The summed E-state index contributed by atoms with van der Waals surface area (Å²) in [7, 11) is 0. The number of thioether (sulfide) groups is 1. The van der Waals surface area contributed by atoms with Crippen LogP contribution in [0.4, 0.5) is 18.9 Å². The van der Waals surface area contributed by atoms with Crippen LogP contribution in [0.1, 0.15) is 22.3 Å². The highest BCUT2D eigenvalue weighted by Gasteiger charge is 2.32. The molecule has 2 aromatic carbocycles. The fourth-order valence-corrected chi connectivity index (χ4v) is 3.81. The first-order valence-electron chi connectivity index (χ1n) is 8.76. The molecule has 0 spiro atoms. The Labute approximate surface area is 165 Å². The van der Waals surface area contributed by atoms with Gasteiger partial charge in [0.1, 0.15) is 0 Å². The lowest BCUT2D eigenvalue weighted by molar-refractivity contribution is -0.0328. The lowest BCUT2D eigenvalue weighted by Gasteiger charge is -2.24. The molecule has 4 nitrogen and oxygen atoms in total. The zero-order valence-electron chi connectivity index (χ0n) is 14.9. The number of benzene rings is 2. The van der Waals surface area contributed by atoms with E-state index in [-0.39, 0.29) is 28.1 Å². The molecule has 1 aliphatic heterocycles. The fourth-order valence-electron chi connectivity index (χ4n) is 3.15. The number of alkyl halides is 3. The van der Waals surface area contributed by atoms with E-state index >= 15 is 0 Å². The molecule has 0 aliphatic carbocycles. The number of hydrogen-bond donors (Lipinski definition) is 0. The lowest BCUT2D eigenvalue weighted by Crippen LogP contribution is -2.35. The van der Waals surface area contributed by atoms with Crippen LogP contribution in [0.25, 0.3) is 0 Å². The standard InChI is InChI=1S/C20H18F3N3OS/c21-20(22,23)28-18-5-2-1-4-17(18)19(27)26-11-3-10-25(12-13-26)16-8-6-15(14-24)7-9-16/h1-2,4-9H,3,10-13H2. The largest absolute Gasteiger partial charge is 0.446 e. The zero-order valence-corrected chi connectivity index (χ0v) is 15.8. The van der Waals surface area contributed by atoms with Crippen LogP contribution < -0.4 is 4.90 Å². The van der Waals surface area contributed by atoms with Gasteiger partial charge in [-0.15, -0.1) is 0 Å². The van der Waals surface area contributed by atoms with E-state index in [2.05, 4.69) is 11.0 Å². The summed E-state index contributed by atoms with van der Waals surface area (Å²) in [4.78, 5) is 16.5.